The third kappa shape index (κ3) is 5.94. The number of aromatic carboxylic acids is 1. The molecule has 0 radical (unpaired) electrons. The number of carboxylic acids is 2. The molecule has 0 atom stereocenters. The Labute approximate surface area is 161 Å². The van der Waals surface area contributed by atoms with Crippen LogP contribution < -0.4 is 9.47 Å². The second kappa shape index (κ2) is 9.86. The lowest BCUT2D eigenvalue weighted by atomic mass is 10.1. The average molecular weight is 385 g/mol. The summed E-state index contributed by atoms with van der Waals surface area (Å²) in [6, 6.07) is 11.1. The largest absolute Gasteiger partial charge is 0.490 e. The van der Waals surface area contributed by atoms with Crippen LogP contribution in [0.4, 0.5) is 5.69 Å². The summed E-state index contributed by atoms with van der Waals surface area (Å²) < 4.78 is 10.6. The van der Waals surface area contributed by atoms with E-state index in [1.807, 2.05) is 0 Å². The molecule has 8 nitrogen and oxygen atoms in total. The first kappa shape index (κ1) is 20.6. The summed E-state index contributed by atoms with van der Waals surface area (Å²) in [5, 5.41) is 17.8. The molecule has 0 unspecified atom stereocenters. The number of ether oxygens (including phenoxy) is 2. The van der Waals surface area contributed by atoms with E-state index in [0.717, 1.165) is 0 Å². The summed E-state index contributed by atoms with van der Waals surface area (Å²) in [6.45, 7) is 2.09. The van der Waals surface area contributed by atoms with Crippen molar-refractivity contribution in [3.63, 3.8) is 0 Å². The SMILES string of the molecule is CCOc1cc(C=Nc2ccccc2C(=O)O)ccc1OC(=O)CCC(=O)O. The molecule has 0 bridgehead atoms. The van der Waals surface area contributed by atoms with Crippen LogP contribution in [0.25, 0.3) is 0 Å². The molecule has 28 heavy (non-hydrogen) atoms. The Hall–Kier alpha value is -3.68. The number of carbonyl (C=O) groups excluding carboxylic acids is 1. The molecular formula is C20H19NO7. The van der Waals surface area contributed by atoms with E-state index in [1.54, 1.807) is 37.3 Å². The Bertz CT molecular complexity index is 905. The minimum Gasteiger partial charge on any atom is -0.490 e. The second-order valence-electron chi connectivity index (χ2n) is 5.59. The Balaban J connectivity index is 2.21. The van der Waals surface area contributed by atoms with E-state index in [-0.39, 0.29) is 24.2 Å². The van der Waals surface area contributed by atoms with E-state index in [9.17, 15) is 19.5 Å². The molecular weight excluding hydrogens is 366 g/mol. The zero-order valence-corrected chi connectivity index (χ0v) is 15.1. The number of hydrogen-bond acceptors (Lipinski definition) is 6. The summed E-state index contributed by atoms with van der Waals surface area (Å²) in [5.41, 5.74) is 0.985. The summed E-state index contributed by atoms with van der Waals surface area (Å²) in [7, 11) is 0. The van der Waals surface area contributed by atoms with Gasteiger partial charge in [0.05, 0.1) is 30.7 Å². The van der Waals surface area contributed by atoms with Crippen molar-refractivity contribution >= 4 is 29.8 Å². The standard InChI is InChI=1S/C20H19NO7/c1-2-27-17-11-13(7-8-16(17)28-19(24)10-9-18(22)23)12-21-15-6-4-3-5-14(15)20(25)26/h3-8,11-12H,2,9-10H2,1H3,(H,22,23)(H,25,26). The van der Waals surface area contributed by atoms with E-state index in [2.05, 4.69) is 4.99 Å². The molecule has 0 aliphatic carbocycles. The molecule has 146 valence electrons. The Morgan fingerprint density at radius 3 is 2.46 bits per heavy atom. The van der Waals surface area contributed by atoms with Gasteiger partial charge in [0.25, 0.3) is 0 Å². The van der Waals surface area contributed by atoms with Gasteiger partial charge in [-0.05, 0) is 42.8 Å². The van der Waals surface area contributed by atoms with Crippen molar-refractivity contribution < 1.29 is 34.1 Å². The number of aliphatic imine (C=N–C) groups is 1. The minimum atomic E-state index is -1.09. The fourth-order valence-electron chi connectivity index (χ4n) is 2.25. The van der Waals surface area contributed by atoms with Crippen molar-refractivity contribution in [1.29, 1.82) is 0 Å². The molecule has 0 heterocycles. The van der Waals surface area contributed by atoms with E-state index < -0.39 is 17.9 Å². The first-order chi connectivity index (χ1) is 13.4. The van der Waals surface area contributed by atoms with Crippen LogP contribution in [0.15, 0.2) is 47.5 Å². The fraction of sp³-hybridized carbons (Fsp3) is 0.200. The Kier molecular flexibility index (Phi) is 7.27. The van der Waals surface area contributed by atoms with Crippen LogP contribution in [0.5, 0.6) is 11.5 Å². The summed E-state index contributed by atoms with van der Waals surface area (Å²) in [5.74, 6) is -2.39. The highest BCUT2D eigenvalue weighted by Crippen LogP contribution is 2.29. The van der Waals surface area contributed by atoms with Gasteiger partial charge in [0.1, 0.15) is 0 Å². The van der Waals surface area contributed by atoms with Gasteiger partial charge in [0.15, 0.2) is 11.5 Å². The van der Waals surface area contributed by atoms with Crippen LogP contribution in [0.3, 0.4) is 0 Å². The summed E-state index contributed by atoms with van der Waals surface area (Å²) >= 11 is 0. The topological polar surface area (TPSA) is 122 Å². The molecule has 2 rings (SSSR count). The van der Waals surface area contributed by atoms with Crippen LogP contribution >= 0.6 is 0 Å². The number of rotatable bonds is 9. The molecule has 2 N–H and O–H groups in total. The number of carbonyl (C=O) groups is 3. The lowest BCUT2D eigenvalue weighted by Gasteiger charge is -2.11. The Morgan fingerprint density at radius 1 is 1.04 bits per heavy atom. The highest BCUT2D eigenvalue weighted by atomic mass is 16.6. The number of carboxylic acid groups (broad SMARTS) is 2. The Morgan fingerprint density at radius 2 is 1.79 bits per heavy atom. The van der Waals surface area contributed by atoms with Crippen molar-refractivity contribution in [1.82, 2.24) is 0 Å². The first-order valence-corrected chi connectivity index (χ1v) is 8.46. The molecule has 0 amide bonds. The maximum atomic E-state index is 11.7. The number of nitrogens with zero attached hydrogens (tertiary/aromatic N) is 1. The summed E-state index contributed by atoms with van der Waals surface area (Å²) in [6.07, 6.45) is 0.896. The third-order valence-corrected chi connectivity index (χ3v) is 3.52. The minimum absolute atomic E-state index is 0.0766. The molecule has 0 saturated heterocycles. The van der Waals surface area contributed by atoms with Crippen LogP contribution in [0.2, 0.25) is 0 Å². The number of esters is 1. The molecule has 0 aliphatic heterocycles. The van der Waals surface area contributed by atoms with Gasteiger partial charge in [0.2, 0.25) is 0 Å². The van der Waals surface area contributed by atoms with E-state index in [0.29, 0.717) is 23.6 Å². The lowest BCUT2D eigenvalue weighted by Crippen LogP contribution is -2.11. The second-order valence-corrected chi connectivity index (χ2v) is 5.59. The average Bonchev–Trinajstić information content (AvgIpc) is 2.67. The monoisotopic (exact) mass is 385 g/mol. The molecule has 8 heteroatoms. The lowest BCUT2D eigenvalue weighted by molar-refractivity contribution is -0.142. The number of hydrogen-bond donors (Lipinski definition) is 2. The van der Waals surface area contributed by atoms with Gasteiger partial charge in [-0.25, -0.2) is 4.79 Å². The van der Waals surface area contributed by atoms with Crippen LogP contribution in [0, 0.1) is 0 Å². The van der Waals surface area contributed by atoms with Crippen molar-refractivity contribution in [3.05, 3.63) is 53.6 Å². The molecule has 0 aliphatic rings. The van der Waals surface area contributed by atoms with E-state index in [1.165, 1.54) is 18.3 Å². The molecule has 0 spiro atoms. The zero-order valence-electron chi connectivity index (χ0n) is 15.1. The quantitative estimate of drug-likeness (QED) is 0.386. The predicted molar refractivity (Wildman–Crippen MR) is 101 cm³/mol. The van der Waals surface area contributed by atoms with Gasteiger partial charge in [-0.1, -0.05) is 12.1 Å². The van der Waals surface area contributed by atoms with Gasteiger partial charge < -0.3 is 19.7 Å². The van der Waals surface area contributed by atoms with Gasteiger partial charge >= 0.3 is 17.9 Å². The molecule has 2 aromatic carbocycles. The maximum Gasteiger partial charge on any atom is 0.337 e. The first-order valence-electron chi connectivity index (χ1n) is 8.46. The number of para-hydroxylation sites is 1. The van der Waals surface area contributed by atoms with Crippen LogP contribution in [-0.2, 0) is 9.59 Å². The van der Waals surface area contributed by atoms with Gasteiger partial charge in [-0.2, -0.15) is 0 Å². The maximum absolute atomic E-state index is 11.7. The van der Waals surface area contributed by atoms with Gasteiger partial charge in [-0.15, -0.1) is 0 Å². The van der Waals surface area contributed by atoms with E-state index >= 15 is 0 Å². The molecule has 0 fully saturated rings. The van der Waals surface area contributed by atoms with Crippen molar-refractivity contribution in [2.75, 3.05) is 6.61 Å². The third-order valence-electron chi connectivity index (χ3n) is 3.52. The number of benzene rings is 2. The van der Waals surface area contributed by atoms with Crippen molar-refractivity contribution in [2.45, 2.75) is 19.8 Å². The van der Waals surface area contributed by atoms with E-state index in [4.69, 9.17) is 14.6 Å². The molecule has 0 aromatic heterocycles. The highest BCUT2D eigenvalue weighted by molar-refractivity contribution is 5.95. The van der Waals surface area contributed by atoms with Gasteiger partial charge in [-0.3, -0.25) is 14.6 Å². The van der Waals surface area contributed by atoms with Crippen molar-refractivity contribution in [3.8, 4) is 11.5 Å². The molecule has 0 saturated carbocycles. The van der Waals surface area contributed by atoms with Crippen LogP contribution in [-0.4, -0.2) is 40.9 Å². The highest BCUT2D eigenvalue weighted by Gasteiger charge is 2.13. The predicted octanol–water partition coefficient (Wildman–Crippen LogP) is 3.30. The van der Waals surface area contributed by atoms with Crippen molar-refractivity contribution in [2.24, 2.45) is 4.99 Å². The fourth-order valence-corrected chi connectivity index (χ4v) is 2.25. The smallest absolute Gasteiger partial charge is 0.337 e. The number of aliphatic carboxylic acids is 1. The zero-order chi connectivity index (χ0) is 20.5. The molecule has 2 aromatic rings. The van der Waals surface area contributed by atoms with Gasteiger partial charge in [0, 0.05) is 6.21 Å². The normalized spacial score (nSPS) is 10.6. The summed E-state index contributed by atoms with van der Waals surface area (Å²) in [4.78, 5) is 37.7. The van der Waals surface area contributed by atoms with Crippen LogP contribution in [0.1, 0.15) is 35.7 Å².